The van der Waals surface area contributed by atoms with Crippen LogP contribution in [-0.2, 0) is 10.2 Å². The van der Waals surface area contributed by atoms with Crippen molar-refractivity contribution in [2.75, 3.05) is 11.9 Å². The molecule has 2 aliphatic rings. The molecule has 0 N–H and O–H groups in total. The molecular formula is C21H16BrFN2O. The van der Waals surface area contributed by atoms with Crippen LogP contribution in [0.2, 0.25) is 0 Å². The molecule has 0 bridgehead atoms. The lowest BCUT2D eigenvalue weighted by Gasteiger charge is -2.44. The van der Waals surface area contributed by atoms with E-state index >= 15 is 0 Å². The zero-order valence-electron chi connectivity index (χ0n) is 14.2. The number of rotatable bonds is 1. The second-order valence-corrected chi connectivity index (χ2v) is 8.12. The Morgan fingerprint density at radius 1 is 1.23 bits per heavy atom. The Balaban J connectivity index is 1.67. The minimum atomic E-state index is -0.525. The molecule has 2 aromatic carbocycles. The van der Waals surface area contributed by atoms with Crippen LogP contribution in [0.3, 0.4) is 0 Å². The fourth-order valence-corrected chi connectivity index (χ4v) is 4.94. The molecule has 1 aromatic heterocycles. The maximum absolute atomic E-state index is 14.0. The zero-order valence-corrected chi connectivity index (χ0v) is 15.8. The smallest absolute Gasteiger partial charge is 0.237 e. The van der Waals surface area contributed by atoms with Gasteiger partial charge in [0.1, 0.15) is 5.82 Å². The number of hydrogen-bond donors (Lipinski definition) is 0. The highest BCUT2D eigenvalue weighted by Gasteiger charge is 2.58. The maximum atomic E-state index is 14.0. The van der Waals surface area contributed by atoms with Crippen molar-refractivity contribution in [3.05, 3.63) is 70.1 Å². The molecule has 5 heteroatoms. The maximum Gasteiger partial charge on any atom is 0.237 e. The summed E-state index contributed by atoms with van der Waals surface area (Å²) in [5, 5.41) is 0.861. The highest BCUT2D eigenvalue weighted by Crippen LogP contribution is 2.60. The number of anilines is 1. The highest BCUT2D eigenvalue weighted by molar-refractivity contribution is 9.10. The zero-order chi connectivity index (χ0) is 18.1. The van der Waals surface area contributed by atoms with Gasteiger partial charge in [-0.3, -0.25) is 9.78 Å². The molecule has 1 spiro atoms. The Morgan fingerprint density at radius 3 is 2.69 bits per heavy atom. The number of likely N-dealkylation sites (N-methyl/N-ethyl adjacent to an activating group) is 1. The van der Waals surface area contributed by atoms with Crippen molar-refractivity contribution in [2.24, 2.45) is 0 Å². The van der Waals surface area contributed by atoms with E-state index < -0.39 is 5.41 Å². The van der Waals surface area contributed by atoms with Crippen molar-refractivity contribution in [3.63, 3.8) is 0 Å². The summed E-state index contributed by atoms with van der Waals surface area (Å²) in [5.74, 6) is 0.147. The Kier molecular flexibility index (Phi) is 3.29. The van der Waals surface area contributed by atoms with Crippen molar-refractivity contribution in [1.29, 1.82) is 0 Å². The minimum absolute atomic E-state index is 0.120. The van der Waals surface area contributed by atoms with Crippen LogP contribution in [0.15, 0.2) is 53.1 Å². The molecule has 0 unspecified atom stereocenters. The highest BCUT2D eigenvalue weighted by atomic mass is 79.9. The van der Waals surface area contributed by atoms with E-state index in [1.807, 2.05) is 18.2 Å². The van der Waals surface area contributed by atoms with Gasteiger partial charge in [-0.25, -0.2) is 4.39 Å². The molecule has 0 radical (unpaired) electrons. The van der Waals surface area contributed by atoms with Crippen molar-refractivity contribution in [3.8, 4) is 0 Å². The van der Waals surface area contributed by atoms with Crippen LogP contribution in [0.5, 0.6) is 0 Å². The summed E-state index contributed by atoms with van der Waals surface area (Å²) in [6.45, 7) is 0. The fraction of sp³-hybridized carbons (Fsp3) is 0.238. The summed E-state index contributed by atoms with van der Waals surface area (Å²) in [6.07, 6.45) is 3.26. The lowest BCUT2D eigenvalue weighted by Crippen LogP contribution is -2.47. The molecule has 1 aliphatic heterocycles. The van der Waals surface area contributed by atoms with Gasteiger partial charge < -0.3 is 4.90 Å². The molecule has 3 nitrogen and oxygen atoms in total. The average Bonchev–Trinajstić information content (AvgIpc) is 2.84. The first-order valence-electron chi connectivity index (χ1n) is 8.62. The number of hydrogen-bond acceptors (Lipinski definition) is 2. The molecule has 130 valence electrons. The summed E-state index contributed by atoms with van der Waals surface area (Å²) in [5.41, 5.74) is 3.18. The Hall–Kier alpha value is -2.27. The van der Waals surface area contributed by atoms with E-state index in [1.165, 1.54) is 11.6 Å². The first-order chi connectivity index (χ1) is 12.5. The van der Waals surface area contributed by atoms with E-state index in [9.17, 15) is 9.18 Å². The van der Waals surface area contributed by atoms with Crippen LogP contribution in [0, 0.1) is 5.82 Å². The van der Waals surface area contributed by atoms with Gasteiger partial charge in [-0.05, 0) is 46.3 Å². The molecule has 1 amide bonds. The molecule has 0 saturated heterocycles. The molecule has 1 aliphatic carbocycles. The summed E-state index contributed by atoms with van der Waals surface area (Å²) < 4.78 is 14.4. The van der Waals surface area contributed by atoms with Gasteiger partial charge in [0.15, 0.2) is 0 Å². The van der Waals surface area contributed by atoms with Crippen LogP contribution in [0.4, 0.5) is 10.1 Å². The molecule has 26 heavy (non-hydrogen) atoms. The topological polar surface area (TPSA) is 33.2 Å². The molecule has 0 atom stereocenters. The van der Waals surface area contributed by atoms with Crippen molar-refractivity contribution in [1.82, 2.24) is 4.98 Å². The van der Waals surface area contributed by atoms with Gasteiger partial charge in [-0.2, -0.15) is 0 Å². The van der Waals surface area contributed by atoms with Crippen LogP contribution in [0.25, 0.3) is 10.9 Å². The molecule has 5 rings (SSSR count). The van der Waals surface area contributed by atoms with E-state index in [2.05, 4.69) is 33.0 Å². The van der Waals surface area contributed by atoms with Gasteiger partial charge >= 0.3 is 0 Å². The van der Waals surface area contributed by atoms with E-state index in [-0.39, 0.29) is 11.7 Å². The summed E-state index contributed by atoms with van der Waals surface area (Å²) in [6, 6.07) is 13.5. The number of halogens is 2. The standard InChI is InChI=1S/C21H16BrFN2O/c1-25-18-11-24-17-8-16(23)15(22)7-14(17)19(18)21(20(25)26)9-13(10-21)12-5-3-2-4-6-12/h2-8,11,13H,9-10H2,1H3/t13-,21-. The molecule has 1 saturated carbocycles. The van der Waals surface area contributed by atoms with Gasteiger partial charge in [0.2, 0.25) is 5.91 Å². The predicted octanol–water partition coefficient (Wildman–Crippen LogP) is 4.93. The number of carbonyl (C=O) groups excluding carboxylic acids is 1. The number of benzene rings is 2. The summed E-state index contributed by atoms with van der Waals surface area (Å²) in [4.78, 5) is 19.2. The Morgan fingerprint density at radius 2 is 1.96 bits per heavy atom. The predicted molar refractivity (Wildman–Crippen MR) is 103 cm³/mol. The normalized spacial score (nSPS) is 24.2. The van der Waals surface area contributed by atoms with Gasteiger partial charge in [-0.15, -0.1) is 0 Å². The van der Waals surface area contributed by atoms with Crippen molar-refractivity contribution < 1.29 is 9.18 Å². The number of amides is 1. The Bertz CT molecular complexity index is 1060. The van der Waals surface area contributed by atoms with Crippen molar-refractivity contribution >= 4 is 38.4 Å². The number of pyridine rings is 1. The molecular weight excluding hydrogens is 395 g/mol. The Labute approximate surface area is 159 Å². The third-order valence-electron chi connectivity index (χ3n) is 5.90. The monoisotopic (exact) mass is 410 g/mol. The molecule has 1 fully saturated rings. The van der Waals surface area contributed by atoms with Crippen molar-refractivity contribution in [2.45, 2.75) is 24.2 Å². The van der Waals surface area contributed by atoms with E-state index in [1.54, 1.807) is 24.2 Å². The lowest BCUT2D eigenvalue weighted by molar-refractivity contribution is -0.126. The van der Waals surface area contributed by atoms with Crippen LogP contribution in [0.1, 0.15) is 29.9 Å². The van der Waals surface area contributed by atoms with Crippen LogP contribution < -0.4 is 4.90 Å². The average molecular weight is 411 g/mol. The first-order valence-corrected chi connectivity index (χ1v) is 9.42. The third-order valence-corrected chi connectivity index (χ3v) is 6.51. The number of carbonyl (C=O) groups is 1. The van der Waals surface area contributed by atoms with Gasteiger partial charge in [0.25, 0.3) is 0 Å². The second-order valence-electron chi connectivity index (χ2n) is 7.26. The van der Waals surface area contributed by atoms with Gasteiger partial charge in [-0.1, -0.05) is 30.3 Å². The number of nitrogens with zero attached hydrogens (tertiary/aromatic N) is 2. The van der Waals surface area contributed by atoms with Crippen LogP contribution >= 0.6 is 15.9 Å². The lowest BCUT2D eigenvalue weighted by atomic mass is 9.57. The van der Waals surface area contributed by atoms with E-state index in [0.717, 1.165) is 29.5 Å². The van der Waals surface area contributed by atoms with Gasteiger partial charge in [0, 0.05) is 24.1 Å². The quantitative estimate of drug-likeness (QED) is 0.569. The summed E-state index contributed by atoms with van der Waals surface area (Å²) >= 11 is 3.28. The summed E-state index contributed by atoms with van der Waals surface area (Å²) in [7, 11) is 1.80. The largest absolute Gasteiger partial charge is 0.313 e. The second kappa shape index (κ2) is 5.36. The molecule has 3 aromatic rings. The van der Waals surface area contributed by atoms with E-state index in [0.29, 0.717) is 15.9 Å². The first kappa shape index (κ1) is 15.9. The fourth-order valence-electron chi connectivity index (χ4n) is 4.59. The number of fused-ring (bicyclic) bond motifs is 4. The van der Waals surface area contributed by atoms with Crippen LogP contribution in [-0.4, -0.2) is 17.9 Å². The third kappa shape index (κ3) is 1.98. The van der Waals surface area contributed by atoms with E-state index in [4.69, 9.17) is 0 Å². The number of aromatic nitrogens is 1. The SMILES string of the molecule is CN1c2cnc3cc(F)c(Br)cc3c2[C@]2(C[C@@H](c3ccccc3)C2)C1=O. The van der Waals surface area contributed by atoms with Gasteiger partial charge in [0.05, 0.1) is 27.3 Å². The minimum Gasteiger partial charge on any atom is -0.313 e. The molecule has 2 heterocycles.